The third kappa shape index (κ3) is 4.75. The smallest absolute Gasteiger partial charge is 0.242 e. The van der Waals surface area contributed by atoms with Gasteiger partial charge in [0.15, 0.2) is 0 Å². The van der Waals surface area contributed by atoms with Gasteiger partial charge in [-0.05, 0) is 31.7 Å². The molecular weight excluding hydrogens is 358 g/mol. The first kappa shape index (κ1) is 19.5. The zero-order valence-electron chi connectivity index (χ0n) is 16.0. The normalized spacial score (nSPS) is 17.7. The van der Waals surface area contributed by atoms with Gasteiger partial charge in [0.25, 0.3) is 0 Å². The molecule has 1 aliphatic rings. The van der Waals surface area contributed by atoms with Crippen LogP contribution in [-0.2, 0) is 16.0 Å². The van der Waals surface area contributed by atoms with Crippen LogP contribution >= 0.6 is 11.3 Å². The van der Waals surface area contributed by atoms with Gasteiger partial charge < -0.3 is 10.2 Å². The summed E-state index contributed by atoms with van der Waals surface area (Å²) in [5, 5.41) is 6.06. The predicted molar refractivity (Wildman–Crippen MR) is 108 cm³/mol. The van der Waals surface area contributed by atoms with E-state index in [9.17, 15) is 9.59 Å². The Balaban J connectivity index is 1.59. The van der Waals surface area contributed by atoms with Gasteiger partial charge in [-0.15, -0.1) is 11.3 Å². The molecule has 144 valence electrons. The van der Waals surface area contributed by atoms with Gasteiger partial charge in [-0.25, -0.2) is 4.98 Å². The largest absolute Gasteiger partial charge is 0.354 e. The molecule has 0 spiro atoms. The van der Waals surface area contributed by atoms with E-state index in [-0.39, 0.29) is 23.8 Å². The number of carbonyl (C=O) groups excluding carboxylic acids is 2. The van der Waals surface area contributed by atoms with Crippen molar-refractivity contribution in [3.63, 3.8) is 0 Å². The Labute approximate surface area is 164 Å². The Morgan fingerprint density at radius 3 is 2.78 bits per heavy atom. The quantitative estimate of drug-likeness (QED) is 0.795. The third-order valence-electron chi connectivity index (χ3n) is 5.09. The van der Waals surface area contributed by atoms with E-state index in [2.05, 4.69) is 10.3 Å². The molecule has 2 amide bonds. The van der Waals surface area contributed by atoms with E-state index in [0.29, 0.717) is 13.1 Å². The van der Waals surface area contributed by atoms with Crippen LogP contribution in [0.3, 0.4) is 0 Å². The lowest BCUT2D eigenvalue weighted by Crippen LogP contribution is -2.47. The molecule has 1 N–H and O–H groups in total. The maximum atomic E-state index is 13.1. The zero-order valence-corrected chi connectivity index (χ0v) is 16.8. The van der Waals surface area contributed by atoms with Gasteiger partial charge in [-0.2, -0.15) is 0 Å². The second kappa shape index (κ2) is 9.13. The van der Waals surface area contributed by atoms with Crippen molar-refractivity contribution in [2.24, 2.45) is 0 Å². The fourth-order valence-electron chi connectivity index (χ4n) is 3.70. The van der Waals surface area contributed by atoms with Gasteiger partial charge in [0.05, 0.1) is 16.6 Å². The maximum Gasteiger partial charge on any atom is 0.242 e. The summed E-state index contributed by atoms with van der Waals surface area (Å²) in [7, 11) is 0. The number of aromatic nitrogens is 1. The van der Waals surface area contributed by atoms with Crippen molar-refractivity contribution < 1.29 is 9.59 Å². The lowest BCUT2D eigenvalue weighted by atomic mass is 9.94. The van der Waals surface area contributed by atoms with Crippen LogP contribution in [0.2, 0.25) is 0 Å². The van der Waals surface area contributed by atoms with Crippen LogP contribution in [0.4, 0.5) is 0 Å². The number of benzene rings is 1. The summed E-state index contributed by atoms with van der Waals surface area (Å²) in [4.78, 5) is 32.0. The van der Waals surface area contributed by atoms with Crippen LogP contribution in [0.1, 0.15) is 48.4 Å². The SMILES string of the molecule is CCC(C(=O)N1CCC[C@@H]1C(=O)NCCc1csc(C)n1)c1ccccc1. The summed E-state index contributed by atoms with van der Waals surface area (Å²) >= 11 is 1.62. The van der Waals surface area contributed by atoms with Crippen molar-refractivity contribution in [2.45, 2.75) is 51.5 Å². The molecule has 0 saturated carbocycles. The topological polar surface area (TPSA) is 62.3 Å². The summed E-state index contributed by atoms with van der Waals surface area (Å²) in [6, 6.07) is 9.50. The molecule has 0 aliphatic carbocycles. The summed E-state index contributed by atoms with van der Waals surface area (Å²) < 4.78 is 0. The number of aryl methyl sites for hydroxylation is 1. The Morgan fingerprint density at radius 1 is 1.33 bits per heavy atom. The minimum Gasteiger partial charge on any atom is -0.354 e. The van der Waals surface area contributed by atoms with Crippen LogP contribution < -0.4 is 5.32 Å². The Hall–Kier alpha value is -2.21. The average molecular weight is 386 g/mol. The van der Waals surface area contributed by atoms with E-state index in [1.165, 1.54) is 0 Å². The molecule has 1 aromatic heterocycles. The number of carbonyl (C=O) groups is 2. The highest BCUT2D eigenvalue weighted by molar-refractivity contribution is 7.09. The van der Waals surface area contributed by atoms with Crippen molar-refractivity contribution in [3.05, 3.63) is 52.0 Å². The minimum absolute atomic E-state index is 0.0456. The lowest BCUT2D eigenvalue weighted by Gasteiger charge is -2.28. The van der Waals surface area contributed by atoms with Crippen LogP contribution in [0.15, 0.2) is 35.7 Å². The minimum atomic E-state index is -0.354. The molecule has 1 saturated heterocycles. The molecule has 27 heavy (non-hydrogen) atoms. The van der Waals surface area contributed by atoms with Gasteiger partial charge in [0, 0.05) is 24.9 Å². The van der Waals surface area contributed by atoms with E-state index < -0.39 is 0 Å². The second-order valence-corrected chi connectivity index (χ2v) is 8.02. The Kier molecular flexibility index (Phi) is 6.61. The van der Waals surface area contributed by atoms with Crippen LogP contribution in [0, 0.1) is 6.92 Å². The van der Waals surface area contributed by atoms with Crippen molar-refractivity contribution in [1.29, 1.82) is 0 Å². The molecule has 1 unspecified atom stereocenters. The number of nitrogens with zero attached hydrogens (tertiary/aromatic N) is 2. The first-order valence-electron chi connectivity index (χ1n) is 9.64. The number of thiazole rings is 1. The van der Waals surface area contributed by atoms with Gasteiger partial charge in [0.2, 0.25) is 11.8 Å². The Bertz CT molecular complexity index is 775. The molecule has 0 radical (unpaired) electrons. The molecule has 1 fully saturated rings. The summed E-state index contributed by atoms with van der Waals surface area (Å²) in [5.41, 5.74) is 2.03. The lowest BCUT2D eigenvalue weighted by molar-refractivity contribution is -0.139. The molecule has 5 nitrogen and oxygen atoms in total. The number of rotatable bonds is 7. The molecule has 2 atom stereocenters. The predicted octanol–water partition coefficient (Wildman–Crippen LogP) is 3.30. The highest BCUT2D eigenvalue weighted by atomic mass is 32.1. The molecule has 1 aromatic carbocycles. The molecule has 3 rings (SSSR count). The highest BCUT2D eigenvalue weighted by Gasteiger charge is 2.36. The average Bonchev–Trinajstić information content (AvgIpc) is 3.32. The van der Waals surface area contributed by atoms with Gasteiger partial charge in [0.1, 0.15) is 6.04 Å². The fraction of sp³-hybridized carbons (Fsp3) is 0.476. The molecule has 6 heteroatoms. The first-order chi connectivity index (χ1) is 13.1. The summed E-state index contributed by atoms with van der Waals surface area (Å²) in [6.07, 6.45) is 3.06. The summed E-state index contributed by atoms with van der Waals surface area (Å²) in [5.74, 6) is -0.162. The van der Waals surface area contributed by atoms with Crippen molar-refractivity contribution >= 4 is 23.2 Å². The molecule has 2 heterocycles. The van der Waals surface area contributed by atoms with Crippen LogP contribution in [0.25, 0.3) is 0 Å². The number of nitrogens with one attached hydrogen (secondary N) is 1. The monoisotopic (exact) mass is 385 g/mol. The van der Waals surface area contributed by atoms with E-state index in [0.717, 1.165) is 41.9 Å². The molecule has 1 aliphatic heterocycles. The number of amides is 2. The fourth-order valence-corrected chi connectivity index (χ4v) is 4.34. The number of hydrogen-bond donors (Lipinski definition) is 1. The van der Waals surface area contributed by atoms with E-state index >= 15 is 0 Å². The molecular formula is C21H27N3O2S. The highest BCUT2D eigenvalue weighted by Crippen LogP contribution is 2.27. The molecule has 0 bridgehead atoms. The molecule has 2 aromatic rings. The third-order valence-corrected chi connectivity index (χ3v) is 5.92. The second-order valence-electron chi connectivity index (χ2n) is 6.96. The Morgan fingerprint density at radius 2 is 2.11 bits per heavy atom. The van der Waals surface area contributed by atoms with E-state index in [4.69, 9.17) is 0 Å². The van der Waals surface area contributed by atoms with Crippen molar-refractivity contribution in [1.82, 2.24) is 15.2 Å². The van der Waals surface area contributed by atoms with Crippen molar-refractivity contribution in [2.75, 3.05) is 13.1 Å². The van der Waals surface area contributed by atoms with E-state index in [1.807, 2.05) is 49.6 Å². The number of hydrogen-bond acceptors (Lipinski definition) is 4. The number of likely N-dealkylation sites (tertiary alicyclic amines) is 1. The van der Waals surface area contributed by atoms with Gasteiger partial charge in [-0.1, -0.05) is 37.3 Å². The standard InChI is InChI=1S/C21H27N3O2S/c1-3-18(16-8-5-4-6-9-16)21(26)24-13-7-10-19(24)20(25)22-12-11-17-14-27-15(2)23-17/h4-6,8-9,14,18-19H,3,7,10-13H2,1-2H3,(H,22,25)/t18?,19-/m1/s1. The van der Waals surface area contributed by atoms with Crippen molar-refractivity contribution in [3.8, 4) is 0 Å². The zero-order chi connectivity index (χ0) is 19.2. The van der Waals surface area contributed by atoms with Gasteiger partial charge >= 0.3 is 0 Å². The van der Waals surface area contributed by atoms with Crippen LogP contribution in [-0.4, -0.2) is 40.8 Å². The maximum absolute atomic E-state index is 13.1. The van der Waals surface area contributed by atoms with Crippen LogP contribution in [0.5, 0.6) is 0 Å². The summed E-state index contributed by atoms with van der Waals surface area (Å²) in [6.45, 7) is 5.21. The van der Waals surface area contributed by atoms with Gasteiger partial charge in [-0.3, -0.25) is 9.59 Å². The van der Waals surface area contributed by atoms with E-state index in [1.54, 1.807) is 16.2 Å². The first-order valence-corrected chi connectivity index (χ1v) is 10.5.